The lowest BCUT2D eigenvalue weighted by Gasteiger charge is -2.24. The molecule has 114 valence electrons. The van der Waals surface area contributed by atoms with Gasteiger partial charge >= 0.3 is 0 Å². The number of ether oxygens (including phenoxy) is 1. The van der Waals surface area contributed by atoms with Crippen molar-refractivity contribution in [3.05, 3.63) is 29.8 Å². The van der Waals surface area contributed by atoms with Gasteiger partial charge in [-0.25, -0.2) is 0 Å². The number of hydrogen-bond acceptors (Lipinski definition) is 4. The SMILES string of the molecule is CC(=O)c1cccc(O[C@@H](C)C(=O)N2CCCSCC2)c1. The zero-order valence-corrected chi connectivity index (χ0v) is 13.3. The maximum Gasteiger partial charge on any atom is 0.263 e. The number of thioether (sulfide) groups is 1. The molecule has 5 heteroatoms. The quantitative estimate of drug-likeness (QED) is 0.802. The highest BCUT2D eigenvalue weighted by Crippen LogP contribution is 2.17. The molecule has 0 bridgehead atoms. The van der Waals surface area contributed by atoms with Crippen LogP contribution in [0.3, 0.4) is 0 Å². The first-order valence-corrected chi connectivity index (χ1v) is 8.37. The van der Waals surface area contributed by atoms with Crippen LogP contribution in [0.2, 0.25) is 0 Å². The normalized spacial score (nSPS) is 17.0. The van der Waals surface area contributed by atoms with Crippen LogP contribution in [-0.4, -0.2) is 47.3 Å². The molecule has 4 nitrogen and oxygen atoms in total. The van der Waals surface area contributed by atoms with Gasteiger partial charge in [-0.2, -0.15) is 11.8 Å². The first-order chi connectivity index (χ1) is 10.1. The zero-order chi connectivity index (χ0) is 15.2. The third kappa shape index (κ3) is 4.49. The predicted molar refractivity (Wildman–Crippen MR) is 85.1 cm³/mol. The molecule has 0 radical (unpaired) electrons. The van der Waals surface area contributed by atoms with E-state index >= 15 is 0 Å². The van der Waals surface area contributed by atoms with E-state index in [1.165, 1.54) is 6.92 Å². The van der Waals surface area contributed by atoms with Gasteiger partial charge in [0.2, 0.25) is 0 Å². The number of amides is 1. The van der Waals surface area contributed by atoms with Gasteiger partial charge in [-0.05, 0) is 38.2 Å². The van der Waals surface area contributed by atoms with Crippen LogP contribution in [0.4, 0.5) is 0 Å². The number of hydrogen-bond donors (Lipinski definition) is 0. The van der Waals surface area contributed by atoms with Gasteiger partial charge in [0.1, 0.15) is 5.75 Å². The molecule has 0 aromatic heterocycles. The first-order valence-electron chi connectivity index (χ1n) is 7.22. The number of ketones is 1. The smallest absolute Gasteiger partial charge is 0.263 e. The van der Waals surface area contributed by atoms with Gasteiger partial charge in [0.05, 0.1) is 0 Å². The summed E-state index contributed by atoms with van der Waals surface area (Å²) in [5.41, 5.74) is 0.596. The Hall–Kier alpha value is -1.49. The molecule has 1 fully saturated rings. The van der Waals surface area contributed by atoms with Crippen molar-refractivity contribution >= 4 is 23.5 Å². The highest BCUT2D eigenvalue weighted by molar-refractivity contribution is 7.99. The van der Waals surface area contributed by atoms with Crippen molar-refractivity contribution in [3.63, 3.8) is 0 Å². The van der Waals surface area contributed by atoms with Crippen molar-refractivity contribution < 1.29 is 14.3 Å². The molecule has 21 heavy (non-hydrogen) atoms. The van der Waals surface area contributed by atoms with Crippen LogP contribution in [0, 0.1) is 0 Å². The van der Waals surface area contributed by atoms with Crippen LogP contribution in [0.1, 0.15) is 30.6 Å². The minimum absolute atomic E-state index is 0.0102. The van der Waals surface area contributed by atoms with Crippen molar-refractivity contribution in [1.82, 2.24) is 4.90 Å². The van der Waals surface area contributed by atoms with Gasteiger partial charge in [-0.1, -0.05) is 12.1 Å². The fourth-order valence-corrected chi connectivity index (χ4v) is 3.15. The van der Waals surface area contributed by atoms with Crippen molar-refractivity contribution in [3.8, 4) is 5.75 Å². The van der Waals surface area contributed by atoms with E-state index in [0.717, 1.165) is 31.0 Å². The van der Waals surface area contributed by atoms with Crippen molar-refractivity contribution in [1.29, 1.82) is 0 Å². The van der Waals surface area contributed by atoms with E-state index in [1.54, 1.807) is 31.2 Å². The Morgan fingerprint density at radius 1 is 1.29 bits per heavy atom. The number of benzene rings is 1. The molecule has 1 aromatic rings. The van der Waals surface area contributed by atoms with E-state index < -0.39 is 6.10 Å². The topological polar surface area (TPSA) is 46.6 Å². The highest BCUT2D eigenvalue weighted by Gasteiger charge is 2.23. The van der Waals surface area contributed by atoms with E-state index in [4.69, 9.17) is 4.74 Å². The Morgan fingerprint density at radius 3 is 2.86 bits per heavy atom. The number of Topliss-reactive ketones (excluding diaryl/α,β-unsaturated/α-hetero) is 1. The van der Waals surface area contributed by atoms with Crippen LogP contribution >= 0.6 is 11.8 Å². The molecule has 1 saturated heterocycles. The second kappa shape index (κ2) is 7.50. The summed E-state index contributed by atoms with van der Waals surface area (Å²) in [5.74, 6) is 2.67. The minimum Gasteiger partial charge on any atom is -0.481 e. The molecule has 1 amide bonds. The highest BCUT2D eigenvalue weighted by atomic mass is 32.2. The van der Waals surface area contributed by atoms with Crippen molar-refractivity contribution in [2.75, 3.05) is 24.6 Å². The molecule has 1 heterocycles. The summed E-state index contributed by atoms with van der Waals surface area (Å²) in [4.78, 5) is 25.6. The second-order valence-electron chi connectivity index (χ2n) is 5.14. The molecule has 1 aliphatic rings. The van der Waals surface area contributed by atoms with Gasteiger partial charge in [0.15, 0.2) is 11.9 Å². The number of rotatable bonds is 4. The summed E-state index contributed by atoms with van der Waals surface area (Å²) in [7, 11) is 0. The lowest BCUT2D eigenvalue weighted by molar-refractivity contribution is -0.137. The van der Waals surface area contributed by atoms with Gasteiger partial charge in [-0.3, -0.25) is 9.59 Å². The van der Waals surface area contributed by atoms with E-state index in [0.29, 0.717) is 11.3 Å². The third-order valence-electron chi connectivity index (χ3n) is 3.44. The van der Waals surface area contributed by atoms with Crippen LogP contribution in [0.5, 0.6) is 5.75 Å². The summed E-state index contributed by atoms with van der Waals surface area (Å²) >= 11 is 1.89. The molecule has 2 rings (SSSR count). The maximum atomic E-state index is 12.4. The Labute approximate surface area is 129 Å². The number of nitrogens with zero attached hydrogens (tertiary/aromatic N) is 1. The average molecular weight is 307 g/mol. The van der Waals surface area contributed by atoms with Crippen LogP contribution in [-0.2, 0) is 4.79 Å². The molecule has 1 aromatic carbocycles. The van der Waals surface area contributed by atoms with Crippen molar-refractivity contribution in [2.45, 2.75) is 26.4 Å². The van der Waals surface area contributed by atoms with E-state index in [1.807, 2.05) is 16.7 Å². The number of carbonyl (C=O) groups excluding carboxylic acids is 2. The lowest BCUT2D eigenvalue weighted by Crippen LogP contribution is -2.41. The maximum absolute atomic E-state index is 12.4. The monoisotopic (exact) mass is 307 g/mol. The standard InChI is InChI=1S/C16H21NO3S/c1-12(18)14-5-3-6-15(11-14)20-13(2)16(19)17-7-4-9-21-10-8-17/h3,5-6,11,13H,4,7-10H2,1-2H3/t13-/m0/s1. The zero-order valence-electron chi connectivity index (χ0n) is 12.5. The molecule has 0 spiro atoms. The van der Waals surface area contributed by atoms with Gasteiger partial charge in [-0.15, -0.1) is 0 Å². The molecule has 0 aliphatic carbocycles. The van der Waals surface area contributed by atoms with E-state index in [2.05, 4.69) is 0 Å². The molecule has 0 unspecified atom stereocenters. The van der Waals surface area contributed by atoms with Crippen LogP contribution in [0.15, 0.2) is 24.3 Å². The van der Waals surface area contributed by atoms with Gasteiger partial charge in [0, 0.05) is 24.4 Å². The lowest BCUT2D eigenvalue weighted by atomic mass is 10.1. The van der Waals surface area contributed by atoms with E-state index in [9.17, 15) is 9.59 Å². The van der Waals surface area contributed by atoms with Crippen LogP contribution < -0.4 is 4.74 Å². The average Bonchev–Trinajstić information content (AvgIpc) is 2.75. The number of carbonyl (C=O) groups is 2. The van der Waals surface area contributed by atoms with Gasteiger partial charge in [0.25, 0.3) is 5.91 Å². The fraction of sp³-hybridized carbons (Fsp3) is 0.500. The summed E-state index contributed by atoms with van der Waals surface area (Å²) in [6.45, 7) is 4.86. The molecule has 1 atom stereocenters. The largest absolute Gasteiger partial charge is 0.481 e. The molecule has 1 aliphatic heterocycles. The fourth-order valence-electron chi connectivity index (χ4n) is 2.27. The van der Waals surface area contributed by atoms with Gasteiger partial charge < -0.3 is 9.64 Å². The Balaban J connectivity index is 1.99. The molecule has 0 saturated carbocycles. The summed E-state index contributed by atoms with van der Waals surface area (Å²) in [6.07, 6.45) is 0.499. The summed E-state index contributed by atoms with van der Waals surface area (Å²) in [5, 5.41) is 0. The minimum atomic E-state index is -0.532. The van der Waals surface area contributed by atoms with Crippen molar-refractivity contribution in [2.24, 2.45) is 0 Å². The molecular weight excluding hydrogens is 286 g/mol. The first kappa shape index (κ1) is 15.9. The summed E-state index contributed by atoms with van der Waals surface area (Å²) in [6, 6.07) is 6.97. The van der Waals surface area contributed by atoms with E-state index in [-0.39, 0.29) is 11.7 Å². The Kier molecular flexibility index (Phi) is 5.67. The Bertz CT molecular complexity index is 510. The second-order valence-corrected chi connectivity index (χ2v) is 6.36. The molecular formula is C16H21NO3S. The third-order valence-corrected chi connectivity index (χ3v) is 4.48. The molecule has 0 N–H and O–H groups in total. The van der Waals surface area contributed by atoms with Crippen LogP contribution in [0.25, 0.3) is 0 Å². The summed E-state index contributed by atoms with van der Waals surface area (Å²) < 4.78 is 5.71. The predicted octanol–water partition coefficient (Wildman–Crippen LogP) is 2.62. The Morgan fingerprint density at radius 2 is 2.10 bits per heavy atom.